The first-order valence-electron chi connectivity index (χ1n) is 5.97. The van der Waals surface area contributed by atoms with Gasteiger partial charge in [0.2, 0.25) is 0 Å². The summed E-state index contributed by atoms with van der Waals surface area (Å²) in [6, 6.07) is 6.83. The molecule has 0 bridgehead atoms. The van der Waals surface area contributed by atoms with Crippen molar-refractivity contribution in [1.82, 2.24) is 14.2 Å². The lowest BCUT2D eigenvalue weighted by molar-refractivity contribution is 0.0971. The van der Waals surface area contributed by atoms with Gasteiger partial charge >= 0.3 is 0 Å². The molecular formula is C14H10FN3O2. The molecule has 0 aliphatic heterocycles. The number of carbonyl (C=O) groups is 1. The van der Waals surface area contributed by atoms with Gasteiger partial charge in [-0.25, -0.2) is 8.91 Å². The molecule has 2 heterocycles. The van der Waals surface area contributed by atoms with Gasteiger partial charge in [0.15, 0.2) is 5.78 Å². The third-order valence-electron chi connectivity index (χ3n) is 3.02. The minimum absolute atomic E-state index is 0.0911. The Bertz CT molecular complexity index is 833. The van der Waals surface area contributed by atoms with E-state index in [1.54, 1.807) is 12.3 Å². The van der Waals surface area contributed by atoms with Crippen LogP contribution in [0.4, 0.5) is 4.39 Å². The molecule has 0 saturated heterocycles. The number of aromatic nitrogens is 3. The van der Waals surface area contributed by atoms with Crippen LogP contribution < -0.4 is 5.56 Å². The van der Waals surface area contributed by atoms with Crippen molar-refractivity contribution in [3.63, 3.8) is 0 Å². The molecule has 0 aliphatic carbocycles. The van der Waals surface area contributed by atoms with Crippen molar-refractivity contribution in [3.05, 3.63) is 70.7 Å². The second-order valence-electron chi connectivity index (χ2n) is 4.32. The van der Waals surface area contributed by atoms with E-state index >= 15 is 0 Å². The van der Waals surface area contributed by atoms with Crippen LogP contribution in [0.2, 0.25) is 0 Å². The molecule has 0 unspecified atom stereocenters. The lowest BCUT2D eigenvalue weighted by Crippen LogP contribution is -2.25. The van der Waals surface area contributed by atoms with Crippen molar-refractivity contribution < 1.29 is 9.18 Å². The molecule has 0 N–H and O–H groups in total. The number of Topliss-reactive ketones (excluding diaryl/α,β-unsaturated/α-hetero) is 1. The molecule has 0 fully saturated rings. The van der Waals surface area contributed by atoms with E-state index < -0.39 is 5.82 Å². The molecule has 0 amide bonds. The fourth-order valence-electron chi connectivity index (χ4n) is 1.97. The predicted molar refractivity (Wildman–Crippen MR) is 70.2 cm³/mol. The third kappa shape index (κ3) is 2.11. The van der Waals surface area contributed by atoms with Crippen molar-refractivity contribution in [3.8, 4) is 0 Å². The van der Waals surface area contributed by atoms with Crippen molar-refractivity contribution in [1.29, 1.82) is 0 Å². The van der Waals surface area contributed by atoms with Gasteiger partial charge in [0, 0.05) is 18.0 Å². The molecule has 0 spiro atoms. The average Bonchev–Trinajstić information content (AvgIpc) is 2.92. The average molecular weight is 271 g/mol. The van der Waals surface area contributed by atoms with E-state index in [0.29, 0.717) is 11.1 Å². The Hall–Kier alpha value is -2.76. The van der Waals surface area contributed by atoms with Gasteiger partial charge in [-0.1, -0.05) is 0 Å². The van der Waals surface area contributed by atoms with E-state index in [4.69, 9.17) is 0 Å². The van der Waals surface area contributed by atoms with Crippen molar-refractivity contribution in [2.45, 2.75) is 6.54 Å². The molecule has 0 atom stereocenters. The number of benzene rings is 1. The maximum Gasteiger partial charge on any atom is 0.276 e. The third-order valence-corrected chi connectivity index (χ3v) is 3.02. The van der Waals surface area contributed by atoms with Crippen LogP contribution in [-0.4, -0.2) is 20.0 Å². The number of ketones is 1. The Morgan fingerprint density at radius 2 is 1.90 bits per heavy atom. The fourth-order valence-corrected chi connectivity index (χ4v) is 1.97. The number of fused-ring (bicyclic) bond motifs is 1. The first-order valence-corrected chi connectivity index (χ1v) is 5.97. The zero-order chi connectivity index (χ0) is 14.1. The minimum atomic E-state index is -0.403. The van der Waals surface area contributed by atoms with Gasteiger partial charge in [0.05, 0.1) is 12.7 Å². The SMILES string of the molecule is O=C(Cn1ccn2nccc2c1=O)c1ccc(F)cc1. The van der Waals surface area contributed by atoms with Crippen molar-refractivity contribution in [2.24, 2.45) is 0 Å². The summed E-state index contributed by atoms with van der Waals surface area (Å²) >= 11 is 0. The molecule has 0 radical (unpaired) electrons. The summed E-state index contributed by atoms with van der Waals surface area (Å²) in [6.45, 7) is -0.0911. The van der Waals surface area contributed by atoms with E-state index in [0.717, 1.165) is 0 Å². The van der Waals surface area contributed by atoms with E-state index in [1.807, 2.05) is 0 Å². The largest absolute Gasteiger partial charge is 0.304 e. The van der Waals surface area contributed by atoms with Crippen LogP contribution in [0.5, 0.6) is 0 Å². The van der Waals surface area contributed by atoms with Gasteiger partial charge in [-0.3, -0.25) is 9.59 Å². The second kappa shape index (κ2) is 4.73. The summed E-state index contributed by atoms with van der Waals surface area (Å²) in [7, 11) is 0. The maximum absolute atomic E-state index is 12.8. The zero-order valence-electron chi connectivity index (χ0n) is 10.4. The summed E-state index contributed by atoms with van der Waals surface area (Å²) in [6.07, 6.45) is 4.63. The van der Waals surface area contributed by atoms with Crippen LogP contribution in [0.25, 0.3) is 5.52 Å². The van der Waals surface area contributed by atoms with Crippen LogP contribution in [0.15, 0.2) is 53.7 Å². The maximum atomic E-state index is 12.8. The molecule has 100 valence electrons. The van der Waals surface area contributed by atoms with Gasteiger partial charge in [0.25, 0.3) is 5.56 Å². The number of halogens is 1. The normalized spacial score (nSPS) is 10.8. The predicted octanol–water partition coefficient (Wildman–Crippen LogP) is 1.52. The summed E-state index contributed by atoms with van der Waals surface area (Å²) in [5.41, 5.74) is 0.478. The fraction of sp³-hybridized carbons (Fsp3) is 0.0714. The molecule has 3 rings (SSSR count). The van der Waals surface area contributed by atoms with E-state index in [9.17, 15) is 14.0 Å². The number of hydrogen-bond acceptors (Lipinski definition) is 3. The topological polar surface area (TPSA) is 56.4 Å². The van der Waals surface area contributed by atoms with E-state index in [-0.39, 0.29) is 17.9 Å². The molecule has 5 nitrogen and oxygen atoms in total. The molecule has 3 aromatic rings. The zero-order valence-corrected chi connectivity index (χ0v) is 10.4. The van der Waals surface area contributed by atoms with Crippen LogP contribution in [0, 0.1) is 5.82 Å². The van der Waals surface area contributed by atoms with Crippen LogP contribution in [0.3, 0.4) is 0 Å². The monoisotopic (exact) mass is 271 g/mol. The second-order valence-corrected chi connectivity index (χ2v) is 4.32. The van der Waals surface area contributed by atoms with Gasteiger partial charge < -0.3 is 4.57 Å². The van der Waals surface area contributed by atoms with Gasteiger partial charge in [0.1, 0.15) is 11.3 Å². The van der Waals surface area contributed by atoms with Crippen molar-refractivity contribution in [2.75, 3.05) is 0 Å². The van der Waals surface area contributed by atoms with E-state index in [2.05, 4.69) is 5.10 Å². The highest BCUT2D eigenvalue weighted by atomic mass is 19.1. The Balaban J connectivity index is 1.93. The highest BCUT2D eigenvalue weighted by molar-refractivity contribution is 5.95. The molecule has 0 saturated carbocycles. The van der Waals surface area contributed by atoms with Gasteiger partial charge in [-0.15, -0.1) is 0 Å². The number of carbonyl (C=O) groups excluding carboxylic acids is 1. The minimum Gasteiger partial charge on any atom is -0.304 e. The number of rotatable bonds is 3. The van der Waals surface area contributed by atoms with Gasteiger partial charge in [-0.05, 0) is 30.3 Å². The highest BCUT2D eigenvalue weighted by Gasteiger charge is 2.10. The molecule has 6 heteroatoms. The van der Waals surface area contributed by atoms with Crippen LogP contribution in [0.1, 0.15) is 10.4 Å². The Morgan fingerprint density at radius 3 is 2.65 bits per heavy atom. The summed E-state index contributed by atoms with van der Waals surface area (Å²) < 4.78 is 15.6. The lowest BCUT2D eigenvalue weighted by Gasteiger charge is -2.05. The standard InChI is InChI=1S/C14H10FN3O2/c15-11-3-1-10(2-4-11)13(19)9-17-7-8-18-12(14(17)20)5-6-16-18/h1-8H,9H2. The Labute approximate surface area is 112 Å². The van der Waals surface area contributed by atoms with Crippen LogP contribution >= 0.6 is 0 Å². The molecule has 1 aromatic carbocycles. The lowest BCUT2D eigenvalue weighted by atomic mass is 10.1. The molecule has 0 aliphatic rings. The van der Waals surface area contributed by atoms with Crippen LogP contribution in [-0.2, 0) is 6.54 Å². The smallest absolute Gasteiger partial charge is 0.276 e. The summed E-state index contributed by atoms with van der Waals surface area (Å²) in [5.74, 6) is -0.657. The molecule has 20 heavy (non-hydrogen) atoms. The Kier molecular flexibility index (Phi) is 2.90. The van der Waals surface area contributed by atoms with E-state index in [1.165, 1.54) is 45.7 Å². The number of nitrogens with zero attached hydrogens (tertiary/aromatic N) is 3. The molecule has 2 aromatic heterocycles. The highest BCUT2D eigenvalue weighted by Crippen LogP contribution is 2.05. The van der Waals surface area contributed by atoms with Crippen molar-refractivity contribution >= 4 is 11.3 Å². The van der Waals surface area contributed by atoms with Gasteiger partial charge in [-0.2, -0.15) is 5.10 Å². The Morgan fingerprint density at radius 1 is 1.15 bits per heavy atom. The summed E-state index contributed by atoms with van der Waals surface area (Å²) in [4.78, 5) is 24.1. The number of hydrogen-bond donors (Lipinski definition) is 0. The first-order chi connectivity index (χ1) is 9.65. The molecular weight excluding hydrogens is 261 g/mol. The quantitative estimate of drug-likeness (QED) is 0.679. The summed E-state index contributed by atoms with van der Waals surface area (Å²) in [5, 5.41) is 3.94. The first kappa shape index (κ1) is 12.3.